The summed E-state index contributed by atoms with van der Waals surface area (Å²) in [6.07, 6.45) is 7.27. The molecule has 1 N–H and O–H groups in total. The summed E-state index contributed by atoms with van der Waals surface area (Å²) in [4.78, 5) is 12.5. The topological polar surface area (TPSA) is 46.9 Å². The minimum atomic E-state index is -0.146. The van der Waals surface area contributed by atoms with Crippen molar-refractivity contribution in [2.24, 2.45) is 5.92 Å². The largest absolute Gasteiger partial charge is 0.374 e. The van der Waals surface area contributed by atoms with Crippen LogP contribution >= 0.6 is 11.6 Å². The average Bonchev–Trinajstić information content (AvgIpc) is 2.31. The van der Waals surface area contributed by atoms with Crippen molar-refractivity contribution in [3.8, 4) is 0 Å². The van der Waals surface area contributed by atoms with E-state index in [1.807, 2.05) is 0 Å². The van der Waals surface area contributed by atoms with Crippen molar-refractivity contribution in [1.82, 2.24) is 9.78 Å². The minimum absolute atomic E-state index is 0.103. The Morgan fingerprint density at radius 3 is 2.75 bits per heavy atom. The molecule has 1 aliphatic rings. The fourth-order valence-electron chi connectivity index (χ4n) is 2.66. The van der Waals surface area contributed by atoms with Crippen LogP contribution in [0.25, 0.3) is 0 Å². The molecule has 5 heteroatoms. The molecule has 4 nitrogen and oxygen atoms in total. The molecule has 1 aromatic rings. The number of halogens is 1. The van der Waals surface area contributed by atoms with Crippen molar-refractivity contribution < 1.29 is 0 Å². The first kappa shape index (κ1) is 15.4. The maximum atomic E-state index is 12.5. The van der Waals surface area contributed by atoms with Gasteiger partial charge in [-0.2, -0.15) is 5.10 Å². The number of hydrogen-bond acceptors (Lipinski definition) is 3. The maximum absolute atomic E-state index is 12.5. The van der Waals surface area contributed by atoms with Crippen molar-refractivity contribution in [3.05, 3.63) is 21.6 Å². The van der Waals surface area contributed by atoms with E-state index < -0.39 is 0 Å². The van der Waals surface area contributed by atoms with Crippen molar-refractivity contribution in [3.63, 3.8) is 0 Å². The molecule has 0 atom stereocenters. The SMILES string of the molecule is CCCC(C)(C)Nc1c(Cl)cnn(CC2CCC2)c1=O. The van der Waals surface area contributed by atoms with Gasteiger partial charge in [0.05, 0.1) is 11.2 Å². The summed E-state index contributed by atoms with van der Waals surface area (Å²) in [5.74, 6) is 0.595. The molecule has 112 valence electrons. The number of hydrogen-bond donors (Lipinski definition) is 1. The molecule has 1 heterocycles. The zero-order valence-electron chi connectivity index (χ0n) is 12.6. The first-order chi connectivity index (χ1) is 9.43. The molecule has 20 heavy (non-hydrogen) atoms. The molecule has 0 unspecified atom stereocenters. The summed E-state index contributed by atoms with van der Waals surface area (Å²) in [6.45, 7) is 7.01. The molecule has 0 aromatic carbocycles. The van der Waals surface area contributed by atoms with Gasteiger partial charge >= 0.3 is 0 Å². The van der Waals surface area contributed by atoms with Crippen LogP contribution in [0.5, 0.6) is 0 Å². The highest BCUT2D eigenvalue weighted by atomic mass is 35.5. The van der Waals surface area contributed by atoms with Crippen molar-refractivity contribution in [2.45, 2.75) is 65.0 Å². The van der Waals surface area contributed by atoms with Crippen LogP contribution in [0.3, 0.4) is 0 Å². The average molecular weight is 298 g/mol. The van der Waals surface area contributed by atoms with E-state index in [2.05, 4.69) is 31.2 Å². The van der Waals surface area contributed by atoms with E-state index in [1.165, 1.54) is 19.3 Å². The third kappa shape index (κ3) is 3.54. The van der Waals surface area contributed by atoms with E-state index in [1.54, 1.807) is 10.9 Å². The number of rotatable bonds is 6. The number of aromatic nitrogens is 2. The maximum Gasteiger partial charge on any atom is 0.291 e. The highest BCUT2D eigenvalue weighted by Gasteiger charge is 2.23. The fraction of sp³-hybridized carbons (Fsp3) is 0.733. The lowest BCUT2D eigenvalue weighted by Gasteiger charge is -2.28. The van der Waals surface area contributed by atoms with Gasteiger partial charge in [-0.05, 0) is 39.0 Å². The second-order valence-electron chi connectivity index (χ2n) is 6.41. The van der Waals surface area contributed by atoms with Crippen molar-refractivity contribution in [1.29, 1.82) is 0 Å². The van der Waals surface area contributed by atoms with Crippen molar-refractivity contribution >= 4 is 17.3 Å². The van der Waals surface area contributed by atoms with Gasteiger partial charge in [-0.3, -0.25) is 4.79 Å². The molecule has 0 aliphatic heterocycles. The Labute approximate surface area is 125 Å². The summed E-state index contributed by atoms with van der Waals surface area (Å²) < 4.78 is 1.56. The van der Waals surface area contributed by atoms with Crippen molar-refractivity contribution in [2.75, 3.05) is 5.32 Å². The number of anilines is 1. The van der Waals surface area contributed by atoms with Crippen LogP contribution in [0.2, 0.25) is 5.02 Å². The Kier molecular flexibility index (Phi) is 4.74. The predicted molar refractivity (Wildman–Crippen MR) is 83.5 cm³/mol. The van der Waals surface area contributed by atoms with Crippen LogP contribution in [0.1, 0.15) is 52.9 Å². The summed E-state index contributed by atoms with van der Waals surface area (Å²) in [5.41, 5.74) is 0.237. The monoisotopic (exact) mass is 297 g/mol. The Bertz CT molecular complexity index is 520. The van der Waals surface area contributed by atoms with E-state index in [0.29, 0.717) is 23.2 Å². The van der Waals surface area contributed by atoms with Crippen LogP contribution in [0, 0.1) is 5.92 Å². The zero-order valence-corrected chi connectivity index (χ0v) is 13.3. The van der Waals surface area contributed by atoms with Gasteiger partial charge in [-0.15, -0.1) is 0 Å². The van der Waals surface area contributed by atoms with E-state index in [-0.39, 0.29) is 11.1 Å². The van der Waals surface area contributed by atoms with Gasteiger partial charge in [-0.25, -0.2) is 4.68 Å². The van der Waals surface area contributed by atoms with Gasteiger partial charge in [0.25, 0.3) is 5.56 Å². The van der Waals surface area contributed by atoms with Crippen LogP contribution in [-0.4, -0.2) is 15.3 Å². The lowest BCUT2D eigenvalue weighted by Crippen LogP contribution is -2.37. The van der Waals surface area contributed by atoms with Gasteiger partial charge in [0.1, 0.15) is 5.69 Å². The first-order valence-corrected chi connectivity index (χ1v) is 7.84. The third-order valence-corrected chi connectivity index (χ3v) is 4.28. The first-order valence-electron chi connectivity index (χ1n) is 7.47. The zero-order chi connectivity index (χ0) is 14.8. The lowest BCUT2D eigenvalue weighted by molar-refractivity contribution is 0.262. The van der Waals surface area contributed by atoms with E-state index in [0.717, 1.165) is 12.8 Å². The molecule has 1 aromatic heterocycles. The summed E-state index contributed by atoms with van der Waals surface area (Å²) in [7, 11) is 0. The van der Waals surface area contributed by atoms with Gasteiger partial charge in [-0.1, -0.05) is 31.4 Å². The van der Waals surface area contributed by atoms with E-state index in [4.69, 9.17) is 11.6 Å². The highest BCUT2D eigenvalue weighted by molar-refractivity contribution is 6.33. The van der Waals surface area contributed by atoms with Crippen LogP contribution in [0.15, 0.2) is 11.0 Å². The highest BCUT2D eigenvalue weighted by Crippen LogP contribution is 2.28. The molecule has 1 aliphatic carbocycles. The fourth-order valence-corrected chi connectivity index (χ4v) is 2.83. The van der Waals surface area contributed by atoms with Gasteiger partial charge in [0.2, 0.25) is 0 Å². The molecule has 0 spiro atoms. The minimum Gasteiger partial charge on any atom is -0.374 e. The predicted octanol–water partition coefficient (Wildman–Crippen LogP) is 3.69. The molecule has 1 fully saturated rings. The summed E-state index contributed by atoms with van der Waals surface area (Å²) in [6, 6.07) is 0. The Morgan fingerprint density at radius 1 is 1.50 bits per heavy atom. The molecule has 0 radical (unpaired) electrons. The number of nitrogens with one attached hydrogen (secondary N) is 1. The molecular formula is C15H24ClN3O. The summed E-state index contributed by atoms with van der Waals surface area (Å²) >= 11 is 6.15. The molecule has 2 rings (SSSR count). The standard InChI is InChI=1S/C15H24ClN3O/c1-4-8-15(2,3)18-13-12(16)9-17-19(14(13)20)10-11-6-5-7-11/h9,11,18H,4-8,10H2,1-3H3. The van der Waals surface area contributed by atoms with Gasteiger partial charge < -0.3 is 5.32 Å². The Morgan fingerprint density at radius 2 is 2.20 bits per heavy atom. The van der Waals surface area contributed by atoms with Crippen LogP contribution in [0.4, 0.5) is 5.69 Å². The molecule has 1 saturated carbocycles. The smallest absolute Gasteiger partial charge is 0.291 e. The van der Waals surface area contributed by atoms with E-state index >= 15 is 0 Å². The Hall–Kier alpha value is -1.03. The van der Waals surface area contributed by atoms with Gasteiger partial charge in [0, 0.05) is 12.1 Å². The quantitative estimate of drug-likeness (QED) is 0.871. The molecule has 0 bridgehead atoms. The van der Waals surface area contributed by atoms with Crippen LogP contribution in [-0.2, 0) is 6.54 Å². The van der Waals surface area contributed by atoms with Gasteiger partial charge in [0.15, 0.2) is 0 Å². The normalized spacial score (nSPS) is 16.0. The summed E-state index contributed by atoms with van der Waals surface area (Å²) in [5, 5.41) is 7.88. The second kappa shape index (κ2) is 6.17. The number of nitrogens with zero attached hydrogens (tertiary/aromatic N) is 2. The third-order valence-electron chi connectivity index (χ3n) is 3.99. The second-order valence-corrected chi connectivity index (χ2v) is 6.82. The lowest BCUT2D eigenvalue weighted by atomic mass is 9.85. The molecule has 0 amide bonds. The van der Waals surface area contributed by atoms with Crippen LogP contribution < -0.4 is 10.9 Å². The Balaban J connectivity index is 2.22. The van der Waals surface area contributed by atoms with E-state index in [9.17, 15) is 4.79 Å². The molecular weight excluding hydrogens is 274 g/mol. The molecule has 0 saturated heterocycles.